The van der Waals surface area contributed by atoms with Crippen molar-refractivity contribution in [2.75, 3.05) is 19.7 Å². The van der Waals surface area contributed by atoms with Crippen LogP contribution in [0.15, 0.2) is 5.51 Å². The van der Waals surface area contributed by atoms with E-state index >= 15 is 0 Å². The summed E-state index contributed by atoms with van der Waals surface area (Å²) in [5, 5.41) is 3.60. The Bertz CT molecular complexity index is 393. The zero-order valence-electron chi connectivity index (χ0n) is 12.4. The first-order chi connectivity index (χ1) is 9.18. The van der Waals surface area contributed by atoms with Crippen molar-refractivity contribution >= 4 is 11.3 Å². The number of hydrogen-bond donors (Lipinski definition) is 1. The minimum atomic E-state index is 0.311. The van der Waals surface area contributed by atoms with Crippen molar-refractivity contribution in [3.05, 3.63) is 16.1 Å². The Morgan fingerprint density at radius 3 is 3.00 bits per heavy atom. The summed E-state index contributed by atoms with van der Waals surface area (Å²) in [4.78, 5) is 5.79. The lowest BCUT2D eigenvalue weighted by atomic mass is 9.77. The number of aromatic nitrogens is 1. The molecule has 0 amide bonds. The van der Waals surface area contributed by atoms with E-state index in [4.69, 9.17) is 4.74 Å². The average Bonchev–Trinajstić information content (AvgIpc) is 2.95. The second kappa shape index (κ2) is 6.82. The van der Waals surface area contributed by atoms with Crippen molar-refractivity contribution in [1.82, 2.24) is 10.3 Å². The molecule has 1 aromatic rings. The predicted molar refractivity (Wildman–Crippen MR) is 80.8 cm³/mol. The molecule has 1 aromatic heterocycles. The maximum absolute atomic E-state index is 5.85. The van der Waals surface area contributed by atoms with Gasteiger partial charge in [0, 0.05) is 23.4 Å². The maximum atomic E-state index is 5.85. The number of aryl methyl sites for hydroxylation is 2. The summed E-state index contributed by atoms with van der Waals surface area (Å²) < 4.78 is 5.85. The molecule has 0 bridgehead atoms. The molecule has 0 aromatic carbocycles. The summed E-state index contributed by atoms with van der Waals surface area (Å²) in [5.41, 5.74) is 3.47. The smallest absolute Gasteiger partial charge is 0.0797 e. The highest BCUT2D eigenvalue weighted by Gasteiger charge is 2.40. The van der Waals surface area contributed by atoms with Gasteiger partial charge in [0.2, 0.25) is 0 Å². The van der Waals surface area contributed by atoms with Crippen molar-refractivity contribution in [2.45, 2.75) is 52.6 Å². The number of ether oxygens (including phenoxy) is 1. The van der Waals surface area contributed by atoms with Crippen LogP contribution in [0.2, 0.25) is 0 Å². The molecule has 2 unspecified atom stereocenters. The van der Waals surface area contributed by atoms with Gasteiger partial charge in [-0.05, 0) is 46.1 Å². The Balaban J connectivity index is 1.96. The van der Waals surface area contributed by atoms with Crippen LogP contribution in [-0.4, -0.2) is 30.8 Å². The average molecular weight is 282 g/mol. The van der Waals surface area contributed by atoms with E-state index in [9.17, 15) is 0 Å². The zero-order chi connectivity index (χ0) is 13.7. The Morgan fingerprint density at radius 1 is 1.58 bits per heavy atom. The lowest BCUT2D eigenvalue weighted by molar-refractivity contribution is 0.0588. The summed E-state index contributed by atoms with van der Waals surface area (Å²) in [6.07, 6.45) is 5.08. The third-order valence-corrected chi connectivity index (χ3v) is 5.42. The number of thiazole rings is 1. The van der Waals surface area contributed by atoms with E-state index in [1.807, 2.05) is 5.51 Å². The van der Waals surface area contributed by atoms with Crippen LogP contribution in [0.5, 0.6) is 0 Å². The van der Waals surface area contributed by atoms with Gasteiger partial charge in [-0.15, -0.1) is 11.3 Å². The van der Waals surface area contributed by atoms with E-state index in [2.05, 4.69) is 31.1 Å². The molecule has 1 aliphatic heterocycles. The fourth-order valence-electron chi connectivity index (χ4n) is 2.91. The van der Waals surface area contributed by atoms with Crippen molar-refractivity contribution < 1.29 is 4.74 Å². The molecule has 0 spiro atoms. The lowest BCUT2D eigenvalue weighted by Crippen LogP contribution is -2.40. The first-order valence-electron chi connectivity index (χ1n) is 7.39. The van der Waals surface area contributed by atoms with Crippen LogP contribution in [0.1, 0.15) is 43.7 Å². The molecule has 3 nitrogen and oxygen atoms in total. The quantitative estimate of drug-likeness (QED) is 0.780. The third-order valence-electron chi connectivity index (χ3n) is 4.43. The normalized spacial score (nSPS) is 27.0. The molecule has 0 saturated carbocycles. The van der Waals surface area contributed by atoms with Crippen LogP contribution in [-0.2, 0) is 11.2 Å². The van der Waals surface area contributed by atoms with E-state index < -0.39 is 0 Å². The standard InChI is InChI=1S/C15H26N2OS/c1-4-8-16-10-15(7-9-18-13(15)3)6-5-14-12(2)17-11-19-14/h11,13,16H,4-10H2,1-3H3. The van der Waals surface area contributed by atoms with E-state index in [0.717, 1.165) is 26.1 Å². The van der Waals surface area contributed by atoms with Crippen molar-refractivity contribution in [2.24, 2.45) is 5.41 Å². The SMILES string of the molecule is CCCNCC1(CCc2scnc2C)CCOC1C. The van der Waals surface area contributed by atoms with E-state index in [1.165, 1.54) is 29.8 Å². The number of hydrogen-bond acceptors (Lipinski definition) is 4. The van der Waals surface area contributed by atoms with Crippen LogP contribution in [0.25, 0.3) is 0 Å². The Hall–Kier alpha value is -0.450. The summed E-state index contributed by atoms with van der Waals surface area (Å²) >= 11 is 1.79. The summed E-state index contributed by atoms with van der Waals surface area (Å²) in [7, 11) is 0. The molecule has 0 radical (unpaired) electrons. The van der Waals surface area contributed by atoms with E-state index in [1.54, 1.807) is 11.3 Å². The van der Waals surface area contributed by atoms with Crippen molar-refractivity contribution in [3.8, 4) is 0 Å². The van der Waals surface area contributed by atoms with E-state index in [0.29, 0.717) is 11.5 Å². The molecule has 4 heteroatoms. The minimum Gasteiger partial charge on any atom is -0.378 e. The molecule has 1 saturated heterocycles. The lowest BCUT2D eigenvalue weighted by Gasteiger charge is -2.32. The molecule has 1 aliphatic rings. The van der Waals surface area contributed by atoms with Gasteiger partial charge in [0.25, 0.3) is 0 Å². The molecule has 0 aliphatic carbocycles. The molecule has 2 atom stereocenters. The van der Waals surface area contributed by atoms with Crippen LogP contribution in [0.3, 0.4) is 0 Å². The minimum absolute atomic E-state index is 0.311. The topological polar surface area (TPSA) is 34.2 Å². The van der Waals surface area contributed by atoms with Gasteiger partial charge in [-0.2, -0.15) is 0 Å². The summed E-state index contributed by atoms with van der Waals surface area (Å²) in [6, 6.07) is 0. The monoisotopic (exact) mass is 282 g/mol. The molecular formula is C15H26N2OS. The molecule has 19 heavy (non-hydrogen) atoms. The fourth-order valence-corrected chi connectivity index (χ4v) is 3.69. The summed E-state index contributed by atoms with van der Waals surface area (Å²) in [6.45, 7) is 9.67. The van der Waals surface area contributed by atoms with Crippen LogP contribution in [0.4, 0.5) is 0 Å². The van der Waals surface area contributed by atoms with Gasteiger partial charge in [-0.1, -0.05) is 6.92 Å². The maximum Gasteiger partial charge on any atom is 0.0797 e. The Kier molecular flexibility index (Phi) is 5.37. The predicted octanol–water partition coefficient (Wildman–Crippen LogP) is 3.18. The number of nitrogens with zero attached hydrogens (tertiary/aromatic N) is 1. The largest absolute Gasteiger partial charge is 0.378 e. The second-order valence-corrected chi connectivity index (χ2v) is 6.60. The Labute approximate surface area is 120 Å². The second-order valence-electron chi connectivity index (χ2n) is 5.66. The molecule has 1 N–H and O–H groups in total. The number of nitrogens with one attached hydrogen (secondary N) is 1. The fraction of sp³-hybridized carbons (Fsp3) is 0.800. The van der Waals surface area contributed by atoms with Crippen LogP contribution in [0, 0.1) is 12.3 Å². The van der Waals surface area contributed by atoms with Gasteiger partial charge < -0.3 is 10.1 Å². The van der Waals surface area contributed by atoms with Gasteiger partial charge in [-0.3, -0.25) is 0 Å². The van der Waals surface area contributed by atoms with Gasteiger partial charge in [0.05, 0.1) is 17.3 Å². The van der Waals surface area contributed by atoms with Gasteiger partial charge in [0.1, 0.15) is 0 Å². The summed E-state index contributed by atoms with van der Waals surface area (Å²) in [5.74, 6) is 0. The highest BCUT2D eigenvalue weighted by atomic mass is 32.1. The first-order valence-corrected chi connectivity index (χ1v) is 8.27. The van der Waals surface area contributed by atoms with Crippen LogP contribution >= 0.6 is 11.3 Å². The van der Waals surface area contributed by atoms with Gasteiger partial charge in [-0.25, -0.2) is 4.98 Å². The molecule has 2 rings (SSSR count). The third kappa shape index (κ3) is 3.56. The van der Waals surface area contributed by atoms with Gasteiger partial charge >= 0.3 is 0 Å². The molecular weight excluding hydrogens is 256 g/mol. The highest BCUT2D eigenvalue weighted by Crippen LogP contribution is 2.39. The molecule has 2 heterocycles. The van der Waals surface area contributed by atoms with Gasteiger partial charge in [0.15, 0.2) is 0 Å². The van der Waals surface area contributed by atoms with Crippen molar-refractivity contribution in [1.29, 1.82) is 0 Å². The molecule has 1 fully saturated rings. The Morgan fingerprint density at radius 2 is 2.42 bits per heavy atom. The van der Waals surface area contributed by atoms with E-state index in [-0.39, 0.29) is 0 Å². The molecule has 108 valence electrons. The highest BCUT2D eigenvalue weighted by molar-refractivity contribution is 7.09. The zero-order valence-corrected chi connectivity index (χ0v) is 13.2. The number of rotatable bonds is 7. The first kappa shape index (κ1) is 14.9. The van der Waals surface area contributed by atoms with Crippen LogP contribution < -0.4 is 5.32 Å². The van der Waals surface area contributed by atoms with Crippen molar-refractivity contribution in [3.63, 3.8) is 0 Å².